The molecule has 0 aliphatic carbocycles. The van der Waals surface area contributed by atoms with Gasteiger partial charge in [0.15, 0.2) is 0 Å². The molecule has 0 bridgehead atoms. The van der Waals surface area contributed by atoms with Crippen LogP contribution in [0.25, 0.3) is 0 Å². The zero-order chi connectivity index (χ0) is 16.8. The van der Waals surface area contributed by atoms with E-state index in [1.54, 1.807) is 11.8 Å². The number of anilines is 1. The Morgan fingerprint density at radius 2 is 1.74 bits per heavy atom. The second kappa shape index (κ2) is 8.21. The number of carbonyl (C=O) groups excluding carboxylic acids is 1. The third-order valence-electron chi connectivity index (χ3n) is 3.94. The van der Waals surface area contributed by atoms with Gasteiger partial charge >= 0.3 is 0 Å². The second-order valence-electron chi connectivity index (χ2n) is 6.16. The predicted molar refractivity (Wildman–Crippen MR) is 101 cm³/mol. The van der Waals surface area contributed by atoms with Gasteiger partial charge in [0, 0.05) is 11.4 Å². The van der Waals surface area contributed by atoms with E-state index in [4.69, 9.17) is 0 Å². The average molecular weight is 327 g/mol. The summed E-state index contributed by atoms with van der Waals surface area (Å²) >= 11 is 1.66. The smallest absolute Gasteiger partial charge is 0.234 e. The maximum absolute atomic E-state index is 12.3. The third-order valence-corrected chi connectivity index (χ3v) is 4.92. The van der Waals surface area contributed by atoms with E-state index in [1.807, 2.05) is 31.2 Å². The standard InChI is InChI=1S/C20H25NOS/c1-14(2)18-11-7-9-16(4)20(18)21-19(22)13-23-12-17-10-6-5-8-15(17)3/h5-11,14H,12-13H2,1-4H3,(H,21,22). The van der Waals surface area contributed by atoms with E-state index in [2.05, 4.69) is 44.3 Å². The van der Waals surface area contributed by atoms with Crippen molar-refractivity contribution in [2.45, 2.75) is 39.4 Å². The van der Waals surface area contributed by atoms with Crippen molar-refractivity contribution in [3.8, 4) is 0 Å². The number of rotatable bonds is 6. The molecule has 0 aliphatic rings. The Hall–Kier alpha value is -1.74. The minimum atomic E-state index is 0.0692. The van der Waals surface area contributed by atoms with Crippen LogP contribution >= 0.6 is 11.8 Å². The first kappa shape index (κ1) is 17.6. The molecule has 2 nitrogen and oxygen atoms in total. The summed E-state index contributed by atoms with van der Waals surface area (Å²) in [7, 11) is 0. The Labute approximate surface area is 143 Å². The molecule has 0 heterocycles. The summed E-state index contributed by atoms with van der Waals surface area (Å²) in [6.07, 6.45) is 0. The van der Waals surface area contributed by atoms with Gasteiger partial charge in [-0.15, -0.1) is 11.8 Å². The van der Waals surface area contributed by atoms with Gasteiger partial charge in [0.25, 0.3) is 0 Å². The van der Waals surface area contributed by atoms with Gasteiger partial charge in [0.1, 0.15) is 0 Å². The number of carbonyl (C=O) groups is 1. The van der Waals surface area contributed by atoms with Crippen LogP contribution < -0.4 is 5.32 Å². The van der Waals surface area contributed by atoms with Crippen LogP contribution in [0.15, 0.2) is 42.5 Å². The molecule has 0 radical (unpaired) electrons. The Morgan fingerprint density at radius 3 is 2.43 bits per heavy atom. The predicted octanol–water partition coefficient (Wildman–Crippen LogP) is 5.30. The first-order valence-electron chi connectivity index (χ1n) is 8.00. The van der Waals surface area contributed by atoms with Crippen LogP contribution in [0.5, 0.6) is 0 Å². The SMILES string of the molecule is Cc1ccccc1CSCC(=O)Nc1c(C)cccc1C(C)C. The van der Waals surface area contributed by atoms with Gasteiger partial charge in [-0.25, -0.2) is 0 Å². The third kappa shape index (κ3) is 4.87. The lowest BCUT2D eigenvalue weighted by molar-refractivity contribution is -0.113. The molecule has 0 aliphatic heterocycles. The number of aryl methyl sites for hydroxylation is 2. The minimum Gasteiger partial charge on any atom is -0.325 e. The number of thioether (sulfide) groups is 1. The van der Waals surface area contributed by atoms with E-state index < -0.39 is 0 Å². The van der Waals surface area contributed by atoms with Gasteiger partial charge < -0.3 is 5.32 Å². The minimum absolute atomic E-state index is 0.0692. The molecule has 1 amide bonds. The summed E-state index contributed by atoms with van der Waals surface area (Å²) in [5, 5.41) is 3.10. The fourth-order valence-corrected chi connectivity index (χ4v) is 3.45. The number of benzene rings is 2. The molecule has 0 atom stereocenters. The van der Waals surface area contributed by atoms with Crippen LogP contribution in [0.4, 0.5) is 5.69 Å². The average Bonchev–Trinajstić information content (AvgIpc) is 2.51. The summed E-state index contributed by atoms with van der Waals surface area (Å²) in [4.78, 5) is 12.3. The van der Waals surface area contributed by atoms with Crippen molar-refractivity contribution in [3.63, 3.8) is 0 Å². The zero-order valence-electron chi connectivity index (χ0n) is 14.3. The zero-order valence-corrected chi connectivity index (χ0v) is 15.2. The van der Waals surface area contributed by atoms with Crippen LogP contribution in [0.3, 0.4) is 0 Å². The van der Waals surface area contributed by atoms with Crippen LogP contribution in [0.1, 0.15) is 42.0 Å². The normalized spacial score (nSPS) is 10.8. The van der Waals surface area contributed by atoms with E-state index in [0.717, 1.165) is 17.0 Å². The summed E-state index contributed by atoms with van der Waals surface area (Å²) in [6.45, 7) is 8.45. The van der Waals surface area contributed by atoms with Crippen molar-refractivity contribution in [2.75, 3.05) is 11.1 Å². The largest absolute Gasteiger partial charge is 0.325 e. The van der Waals surface area contributed by atoms with E-state index >= 15 is 0 Å². The molecule has 0 saturated heterocycles. The van der Waals surface area contributed by atoms with Gasteiger partial charge in [-0.1, -0.05) is 56.3 Å². The van der Waals surface area contributed by atoms with E-state index in [-0.39, 0.29) is 5.91 Å². The van der Waals surface area contributed by atoms with E-state index in [1.165, 1.54) is 16.7 Å². The molecule has 2 rings (SSSR count). The lowest BCUT2D eigenvalue weighted by atomic mass is 9.98. The summed E-state index contributed by atoms with van der Waals surface area (Å²) in [5.41, 5.74) is 5.87. The molecule has 2 aromatic carbocycles. The molecule has 0 spiro atoms. The molecular weight excluding hydrogens is 302 g/mol. The quantitative estimate of drug-likeness (QED) is 0.780. The molecular formula is C20H25NOS. The van der Waals surface area contributed by atoms with Gasteiger partial charge in [0.05, 0.1) is 5.75 Å². The number of amides is 1. The molecule has 3 heteroatoms. The van der Waals surface area contributed by atoms with Crippen molar-refractivity contribution in [3.05, 3.63) is 64.7 Å². The Balaban J connectivity index is 1.94. The lowest BCUT2D eigenvalue weighted by Gasteiger charge is -2.16. The lowest BCUT2D eigenvalue weighted by Crippen LogP contribution is -2.16. The molecule has 0 fully saturated rings. The van der Waals surface area contributed by atoms with Gasteiger partial charge in [0.2, 0.25) is 5.91 Å². The maximum Gasteiger partial charge on any atom is 0.234 e. The highest BCUT2D eigenvalue weighted by Crippen LogP contribution is 2.27. The number of para-hydroxylation sites is 1. The molecule has 2 aromatic rings. The fraction of sp³-hybridized carbons (Fsp3) is 0.350. The van der Waals surface area contributed by atoms with Crippen molar-refractivity contribution < 1.29 is 4.79 Å². The van der Waals surface area contributed by atoms with Crippen molar-refractivity contribution in [2.24, 2.45) is 0 Å². The van der Waals surface area contributed by atoms with Crippen LogP contribution in [-0.2, 0) is 10.5 Å². The summed E-state index contributed by atoms with van der Waals surface area (Å²) in [5.74, 6) is 1.80. The van der Waals surface area contributed by atoms with Gasteiger partial charge in [-0.05, 0) is 42.0 Å². The summed E-state index contributed by atoms with van der Waals surface area (Å²) in [6, 6.07) is 14.5. The molecule has 0 unspecified atom stereocenters. The van der Waals surface area contributed by atoms with E-state index in [0.29, 0.717) is 11.7 Å². The van der Waals surface area contributed by atoms with Crippen molar-refractivity contribution in [1.29, 1.82) is 0 Å². The molecule has 122 valence electrons. The number of hydrogen-bond acceptors (Lipinski definition) is 2. The van der Waals surface area contributed by atoms with Crippen molar-refractivity contribution >= 4 is 23.4 Å². The number of nitrogens with one attached hydrogen (secondary N) is 1. The Kier molecular flexibility index (Phi) is 6.28. The summed E-state index contributed by atoms with van der Waals surface area (Å²) < 4.78 is 0. The first-order valence-corrected chi connectivity index (χ1v) is 9.16. The number of hydrogen-bond donors (Lipinski definition) is 1. The monoisotopic (exact) mass is 327 g/mol. The van der Waals surface area contributed by atoms with Gasteiger partial charge in [-0.2, -0.15) is 0 Å². The van der Waals surface area contributed by atoms with E-state index in [9.17, 15) is 4.79 Å². The topological polar surface area (TPSA) is 29.1 Å². The first-order chi connectivity index (χ1) is 11.0. The molecule has 23 heavy (non-hydrogen) atoms. The Bertz CT molecular complexity index is 679. The van der Waals surface area contributed by atoms with Crippen LogP contribution in [0, 0.1) is 13.8 Å². The highest BCUT2D eigenvalue weighted by molar-refractivity contribution is 7.99. The highest BCUT2D eigenvalue weighted by Gasteiger charge is 2.12. The maximum atomic E-state index is 12.3. The molecule has 0 saturated carbocycles. The van der Waals surface area contributed by atoms with Gasteiger partial charge in [-0.3, -0.25) is 4.79 Å². The molecule has 1 N–H and O–H groups in total. The van der Waals surface area contributed by atoms with Crippen LogP contribution in [-0.4, -0.2) is 11.7 Å². The second-order valence-corrected chi connectivity index (χ2v) is 7.15. The van der Waals surface area contributed by atoms with Crippen LogP contribution in [0.2, 0.25) is 0 Å². The molecule has 0 aromatic heterocycles. The Morgan fingerprint density at radius 1 is 1.04 bits per heavy atom. The fourth-order valence-electron chi connectivity index (χ4n) is 2.54. The highest BCUT2D eigenvalue weighted by atomic mass is 32.2. The van der Waals surface area contributed by atoms with Crippen molar-refractivity contribution in [1.82, 2.24) is 0 Å².